The summed E-state index contributed by atoms with van der Waals surface area (Å²) in [6, 6.07) is 11.5. The molecule has 1 N–H and O–H groups in total. The highest BCUT2D eigenvalue weighted by Crippen LogP contribution is 2.35. The van der Waals surface area contributed by atoms with Crippen LogP contribution in [-0.4, -0.2) is 50.8 Å². The van der Waals surface area contributed by atoms with E-state index < -0.39 is 10.0 Å². The zero-order valence-electron chi connectivity index (χ0n) is 16.7. The monoisotopic (exact) mass is 463 g/mol. The molecular formula is C21H22ClN3O5S. The van der Waals surface area contributed by atoms with E-state index in [9.17, 15) is 18.0 Å². The molecule has 0 atom stereocenters. The van der Waals surface area contributed by atoms with Gasteiger partial charge >= 0.3 is 0 Å². The number of amides is 2. The van der Waals surface area contributed by atoms with Gasteiger partial charge in [0.05, 0.1) is 10.6 Å². The van der Waals surface area contributed by atoms with Crippen LogP contribution in [0, 0.1) is 0 Å². The second-order valence-electron chi connectivity index (χ2n) is 7.38. The van der Waals surface area contributed by atoms with Crippen LogP contribution in [0.5, 0.6) is 5.75 Å². The summed E-state index contributed by atoms with van der Waals surface area (Å²) < 4.78 is 32.5. The SMILES string of the molecule is O=C(CN1C(=O)COc2cc(S(=O)(=O)N3CCCC3)ccc21)NCc1ccccc1Cl. The highest BCUT2D eigenvalue weighted by Gasteiger charge is 2.31. The van der Waals surface area contributed by atoms with E-state index in [1.54, 1.807) is 18.2 Å². The number of carbonyl (C=O) groups is 2. The maximum atomic E-state index is 12.8. The third-order valence-corrected chi connectivity index (χ3v) is 7.58. The zero-order valence-corrected chi connectivity index (χ0v) is 18.3. The summed E-state index contributed by atoms with van der Waals surface area (Å²) >= 11 is 6.10. The van der Waals surface area contributed by atoms with E-state index >= 15 is 0 Å². The van der Waals surface area contributed by atoms with Crippen molar-refractivity contribution < 1.29 is 22.7 Å². The Morgan fingerprint density at radius 1 is 1.13 bits per heavy atom. The second kappa shape index (κ2) is 8.86. The van der Waals surface area contributed by atoms with Crippen molar-refractivity contribution in [3.05, 3.63) is 53.1 Å². The molecule has 2 aliphatic rings. The van der Waals surface area contributed by atoms with Gasteiger partial charge in [-0.2, -0.15) is 4.31 Å². The van der Waals surface area contributed by atoms with Crippen molar-refractivity contribution in [3.8, 4) is 5.75 Å². The van der Waals surface area contributed by atoms with Crippen molar-refractivity contribution in [2.45, 2.75) is 24.3 Å². The van der Waals surface area contributed by atoms with E-state index in [1.165, 1.54) is 27.4 Å². The molecule has 0 saturated carbocycles. The van der Waals surface area contributed by atoms with Gasteiger partial charge in [-0.15, -0.1) is 0 Å². The van der Waals surface area contributed by atoms with Crippen molar-refractivity contribution in [1.29, 1.82) is 0 Å². The van der Waals surface area contributed by atoms with Crippen molar-refractivity contribution in [2.24, 2.45) is 0 Å². The predicted octanol–water partition coefficient (Wildman–Crippen LogP) is 2.17. The highest BCUT2D eigenvalue weighted by molar-refractivity contribution is 7.89. The lowest BCUT2D eigenvalue weighted by Crippen LogP contribution is -2.45. The Kier molecular flexibility index (Phi) is 6.17. The normalized spacial score (nSPS) is 16.7. The van der Waals surface area contributed by atoms with Gasteiger partial charge in [-0.25, -0.2) is 8.42 Å². The molecule has 0 aliphatic carbocycles. The Hall–Kier alpha value is -2.62. The molecule has 4 rings (SSSR count). The summed E-state index contributed by atoms with van der Waals surface area (Å²) in [6.07, 6.45) is 1.68. The number of carbonyl (C=O) groups excluding carboxylic acids is 2. The zero-order chi connectivity index (χ0) is 22.0. The molecule has 164 valence electrons. The number of hydrogen-bond acceptors (Lipinski definition) is 5. The molecule has 31 heavy (non-hydrogen) atoms. The first-order valence-electron chi connectivity index (χ1n) is 9.94. The molecule has 2 aromatic carbocycles. The van der Waals surface area contributed by atoms with Crippen molar-refractivity contribution >= 4 is 39.1 Å². The number of anilines is 1. The minimum Gasteiger partial charge on any atom is -0.482 e. The van der Waals surface area contributed by atoms with E-state index in [-0.39, 0.29) is 42.2 Å². The Morgan fingerprint density at radius 3 is 2.61 bits per heavy atom. The van der Waals surface area contributed by atoms with Gasteiger partial charge in [-0.05, 0) is 36.6 Å². The van der Waals surface area contributed by atoms with Crippen LogP contribution in [-0.2, 0) is 26.2 Å². The van der Waals surface area contributed by atoms with Gasteiger partial charge in [0.15, 0.2) is 6.61 Å². The number of nitrogens with one attached hydrogen (secondary N) is 1. The van der Waals surface area contributed by atoms with E-state index in [1.807, 2.05) is 6.07 Å². The number of halogens is 1. The van der Waals surface area contributed by atoms with Crippen LogP contribution >= 0.6 is 11.6 Å². The molecule has 2 amide bonds. The Balaban J connectivity index is 1.49. The second-order valence-corrected chi connectivity index (χ2v) is 9.72. The number of ether oxygens (including phenoxy) is 1. The van der Waals surface area contributed by atoms with Crippen LogP contribution in [0.1, 0.15) is 18.4 Å². The molecule has 0 bridgehead atoms. The van der Waals surface area contributed by atoms with Gasteiger partial charge in [0.25, 0.3) is 5.91 Å². The van der Waals surface area contributed by atoms with Gasteiger partial charge in [0.2, 0.25) is 15.9 Å². The van der Waals surface area contributed by atoms with E-state index in [2.05, 4.69) is 5.32 Å². The lowest BCUT2D eigenvalue weighted by molar-refractivity contribution is -0.125. The van der Waals surface area contributed by atoms with Crippen LogP contribution in [0.2, 0.25) is 5.02 Å². The topological polar surface area (TPSA) is 96.0 Å². The molecule has 2 heterocycles. The quantitative estimate of drug-likeness (QED) is 0.708. The molecule has 2 aromatic rings. The molecule has 1 saturated heterocycles. The summed E-state index contributed by atoms with van der Waals surface area (Å²) in [6.45, 7) is 0.750. The summed E-state index contributed by atoms with van der Waals surface area (Å²) in [7, 11) is -3.61. The fourth-order valence-corrected chi connectivity index (χ4v) is 5.37. The summed E-state index contributed by atoms with van der Waals surface area (Å²) in [5.41, 5.74) is 1.13. The average Bonchev–Trinajstić information content (AvgIpc) is 3.31. The predicted molar refractivity (Wildman–Crippen MR) is 116 cm³/mol. The van der Waals surface area contributed by atoms with Gasteiger partial charge in [-0.1, -0.05) is 29.8 Å². The molecule has 0 spiro atoms. The Bertz CT molecular complexity index is 1120. The van der Waals surface area contributed by atoms with Crippen molar-refractivity contribution in [2.75, 3.05) is 31.1 Å². The fourth-order valence-electron chi connectivity index (χ4n) is 3.63. The largest absolute Gasteiger partial charge is 0.482 e. The first-order valence-corrected chi connectivity index (χ1v) is 11.8. The van der Waals surface area contributed by atoms with Gasteiger partial charge in [-0.3, -0.25) is 14.5 Å². The minimum atomic E-state index is -3.61. The van der Waals surface area contributed by atoms with Gasteiger partial charge < -0.3 is 10.1 Å². The molecule has 0 aromatic heterocycles. The average molecular weight is 464 g/mol. The maximum absolute atomic E-state index is 12.8. The van der Waals surface area contributed by atoms with Crippen LogP contribution < -0.4 is 15.0 Å². The van der Waals surface area contributed by atoms with Crippen molar-refractivity contribution in [1.82, 2.24) is 9.62 Å². The third-order valence-electron chi connectivity index (χ3n) is 5.31. The summed E-state index contributed by atoms with van der Waals surface area (Å²) in [5, 5.41) is 3.29. The smallest absolute Gasteiger partial charge is 0.265 e. The Morgan fingerprint density at radius 2 is 1.87 bits per heavy atom. The first kappa shape index (κ1) is 21.6. The number of benzene rings is 2. The molecule has 2 aliphatic heterocycles. The van der Waals surface area contributed by atoms with Gasteiger partial charge in [0, 0.05) is 30.7 Å². The standard InChI is InChI=1S/C21H22ClN3O5S/c22-17-6-2-1-5-15(17)12-23-20(26)13-25-18-8-7-16(11-19(18)30-14-21(25)27)31(28,29)24-9-3-4-10-24/h1-2,5-8,11H,3-4,9-10,12-14H2,(H,23,26). The van der Waals surface area contributed by atoms with Crippen LogP contribution in [0.15, 0.2) is 47.4 Å². The number of nitrogens with zero attached hydrogens (tertiary/aromatic N) is 2. The van der Waals surface area contributed by atoms with E-state index in [0.717, 1.165) is 18.4 Å². The first-order chi connectivity index (χ1) is 14.9. The highest BCUT2D eigenvalue weighted by atomic mass is 35.5. The van der Waals surface area contributed by atoms with E-state index in [0.29, 0.717) is 23.8 Å². The number of sulfonamides is 1. The number of hydrogen-bond donors (Lipinski definition) is 1. The number of rotatable bonds is 6. The third kappa shape index (κ3) is 4.53. The summed E-state index contributed by atoms with van der Waals surface area (Å²) in [4.78, 5) is 26.3. The lowest BCUT2D eigenvalue weighted by Gasteiger charge is -2.29. The van der Waals surface area contributed by atoms with E-state index in [4.69, 9.17) is 16.3 Å². The van der Waals surface area contributed by atoms with Crippen LogP contribution in [0.4, 0.5) is 5.69 Å². The van der Waals surface area contributed by atoms with Crippen LogP contribution in [0.25, 0.3) is 0 Å². The Labute approximate surface area is 185 Å². The van der Waals surface area contributed by atoms with Crippen molar-refractivity contribution in [3.63, 3.8) is 0 Å². The molecule has 10 heteroatoms. The lowest BCUT2D eigenvalue weighted by atomic mass is 10.2. The van der Waals surface area contributed by atoms with Gasteiger partial charge in [0.1, 0.15) is 12.3 Å². The molecule has 1 fully saturated rings. The molecule has 0 unspecified atom stereocenters. The molecular weight excluding hydrogens is 442 g/mol. The van der Waals surface area contributed by atoms with Crippen LogP contribution in [0.3, 0.4) is 0 Å². The number of fused-ring (bicyclic) bond motifs is 1. The summed E-state index contributed by atoms with van der Waals surface area (Å²) in [5.74, 6) is -0.482. The maximum Gasteiger partial charge on any atom is 0.265 e. The minimum absolute atomic E-state index is 0.116. The molecule has 8 nitrogen and oxygen atoms in total. The molecule has 0 radical (unpaired) electrons. The fraction of sp³-hybridized carbons (Fsp3) is 0.333.